The van der Waals surface area contributed by atoms with Gasteiger partial charge in [0.1, 0.15) is 30.6 Å². The number of halogens is 1. The highest BCUT2D eigenvalue weighted by molar-refractivity contribution is 7.52. The highest BCUT2D eigenvalue weighted by Gasteiger charge is 2.56. The second-order valence-corrected chi connectivity index (χ2v) is 12.1. The largest absolute Gasteiger partial charge is 0.460 e. The maximum Gasteiger partial charge on any atom is 0.459 e. The maximum atomic E-state index is 15.7. The number of benzene rings is 3. The van der Waals surface area contributed by atoms with Crippen molar-refractivity contribution in [2.75, 3.05) is 6.61 Å². The molecule has 1 aromatic heterocycles. The number of aliphatic hydroxyl groups is 1. The lowest BCUT2D eigenvalue weighted by Crippen LogP contribution is -2.43. The van der Waals surface area contributed by atoms with E-state index < -0.39 is 61.7 Å². The first-order valence-electron chi connectivity index (χ1n) is 13.7. The topological polar surface area (TPSA) is 158 Å². The van der Waals surface area contributed by atoms with Gasteiger partial charge in [-0.25, -0.2) is 13.8 Å². The summed E-state index contributed by atoms with van der Waals surface area (Å²) >= 11 is 0. The number of nitrogens with zero attached hydrogens (tertiary/aromatic N) is 1. The first kappa shape index (κ1) is 31.3. The molecule has 14 heteroatoms. The Morgan fingerprint density at radius 3 is 2.57 bits per heavy atom. The third-order valence-electron chi connectivity index (χ3n) is 7.13. The van der Waals surface area contributed by atoms with E-state index in [1.54, 1.807) is 48.5 Å². The van der Waals surface area contributed by atoms with Crippen LogP contribution in [0.1, 0.15) is 25.6 Å². The molecular formula is C30H31FN3O9P. The van der Waals surface area contributed by atoms with E-state index in [9.17, 15) is 24.1 Å². The van der Waals surface area contributed by atoms with Gasteiger partial charge in [-0.1, -0.05) is 66.7 Å². The number of ether oxygens (including phenoxy) is 2. The Morgan fingerprint density at radius 1 is 1.11 bits per heavy atom. The Balaban J connectivity index is 1.36. The Bertz CT molecular complexity index is 1790. The summed E-state index contributed by atoms with van der Waals surface area (Å²) in [6.45, 7) is 1.74. The fourth-order valence-corrected chi connectivity index (χ4v) is 6.29. The quantitative estimate of drug-likeness (QED) is 0.166. The number of aliphatic hydroxyl groups excluding tert-OH is 1. The molecule has 1 fully saturated rings. The van der Waals surface area contributed by atoms with Crippen LogP contribution < -0.4 is 20.9 Å². The second-order valence-electron chi connectivity index (χ2n) is 10.4. The molecule has 0 spiro atoms. The Morgan fingerprint density at radius 2 is 1.82 bits per heavy atom. The molecule has 4 aromatic rings. The van der Waals surface area contributed by atoms with Gasteiger partial charge in [0.15, 0.2) is 11.9 Å². The van der Waals surface area contributed by atoms with Crippen LogP contribution in [0.5, 0.6) is 5.75 Å². The van der Waals surface area contributed by atoms with Crippen LogP contribution in [0.4, 0.5) is 4.39 Å². The molecule has 12 nitrogen and oxygen atoms in total. The standard InChI is InChI=1S/C30H31FN3O9P/c1-19(27(37)40-17-20-9-4-3-5-10-20)33-44(39,43-23-14-8-12-21-11-6-7-13-22(21)23)41-18-24-26(36)30(2,31)28(42-24)34-16-15-25(35)32-29(34)38/h3-16,19,24,26,28,36H,17-18H2,1-2H3,(H,33,39)(H,32,35,38)/t19-,24+,26+,28?,30+,44?/m0/s1. The van der Waals surface area contributed by atoms with Gasteiger partial charge in [0, 0.05) is 17.6 Å². The van der Waals surface area contributed by atoms with E-state index in [4.69, 9.17) is 18.5 Å². The number of aromatic amines is 1. The number of fused-ring (bicyclic) bond motifs is 1. The summed E-state index contributed by atoms with van der Waals surface area (Å²) in [6.07, 6.45) is -3.88. The van der Waals surface area contributed by atoms with Crippen molar-refractivity contribution in [2.24, 2.45) is 0 Å². The molecular weight excluding hydrogens is 596 g/mol. The van der Waals surface area contributed by atoms with Gasteiger partial charge in [-0.15, -0.1) is 0 Å². The van der Waals surface area contributed by atoms with Crippen molar-refractivity contribution in [2.45, 2.75) is 50.6 Å². The lowest BCUT2D eigenvalue weighted by molar-refractivity contribution is -0.146. The summed E-state index contributed by atoms with van der Waals surface area (Å²) in [6, 6.07) is 21.0. The van der Waals surface area contributed by atoms with Gasteiger partial charge in [0.2, 0.25) is 0 Å². The number of hydrogen-bond acceptors (Lipinski definition) is 9. The van der Waals surface area contributed by atoms with Crippen LogP contribution >= 0.6 is 7.75 Å². The zero-order chi connectivity index (χ0) is 31.5. The van der Waals surface area contributed by atoms with Gasteiger partial charge in [0.05, 0.1) is 6.61 Å². The second kappa shape index (κ2) is 12.8. The average molecular weight is 628 g/mol. The number of carbonyl (C=O) groups excluding carboxylic acids is 1. The zero-order valence-corrected chi connectivity index (χ0v) is 24.7. The van der Waals surface area contributed by atoms with Crippen molar-refractivity contribution >= 4 is 24.5 Å². The smallest absolute Gasteiger partial charge is 0.459 e. The molecule has 44 heavy (non-hydrogen) atoms. The Labute approximate surface area is 250 Å². The number of aromatic nitrogens is 2. The molecule has 2 heterocycles. The number of rotatable bonds is 11. The SMILES string of the molecule is C[C@H](NP(=O)(OC[C@H]1OC(n2ccc(=O)[nH]c2=O)[C@](C)(F)[C@@H]1O)Oc1cccc2ccccc12)C(=O)OCc1ccccc1. The molecule has 5 rings (SSSR count). The van der Waals surface area contributed by atoms with E-state index in [2.05, 4.69) is 5.09 Å². The van der Waals surface area contributed by atoms with E-state index in [-0.39, 0.29) is 12.4 Å². The molecule has 3 N–H and O–H groups in total. The Hall–Kier alpha value is -4.13. The van der Waals surface area contributed by atoms with Crippen LogP contribution in [0.15, 0.2) is 94.6 Å². The molecule has 3 aromatic carbocycles. The lowest BCUT2D eigenvalue weighted by atomic mass is 9.98. The van der Waals surface area contributed by atoms with Crippen LogP contribution in [-0.4, -0.2) is 51.2 Å². The van der Waals surface area contributed by atoms with E-state index in [1.165, 1.54) is 6.92 Å². The maximum absolute atomic E-state index is 15.7. The van der Waals surface area contributed by atoms with Gasteiger partial charge >= 0.3 is 19.4 Å². The van der Waals surface area contributed by atoms with Crippen LogP contribution in [0.25, 0.3) is 10.8 Å². The predicted octanol–water partition coefficient (Wildman–Crippen LogP) is 3.60. The highest BCUT2D eigenvalue weighted by Crippen LogP contribution is 2.48. The number of hydrogen-bond donors (Lipinski definition) is 3. The molecule has 1 saturated heterocycles. The highest BCUT2D eigenvalue weighted by atomic mass is 31.2. The summed E-state index contributed by atoms with van der Waals surface area (Å²) < 4.78 is 53.2. The van der Waals surface area contributed by atoms with E-state index in [0.29, 0.717) is 5.39 Å². The first-order chi connectivity index (χ1) is 21.0. The molecule has 0 aliphatic carbocycles. The van der Waals surface area contributed by atoms with Gasteiger partial charge in [-0.3, -0.25) is 23.7 Å². The van der Waals surface area contributed by atoms with Gasteiger partial charge in [-0.2, -0.15) is 5.09 Å². The zero-order valence-electron chi connectivity index (χ0n) is 23.8. The van der Waals surface area contributed by atoms with E-state index >= 15 is 4.39 Å². The average Bonchev–Trinajstić information content (AvgIpc) is 3.23. The molecule has 1 aliphatic rings. The summed E-state index contributed by atoms with van der Waals surface area (Å²) in [5.74, 6) is -0.574. The van der Waals surface area contributed by atoms with Crippen molar-refractivity contribution in [3.05, 3.63) is 111 Å². The van der Waals surface area contributed by atoms with Crippen LogP contribution in [-0.2, 0) is 30.0 Å². The van der Waals surface area contributed by atoms with Crippen LogP contribution in [0.3, 0.4) is 0 Å². The van der Waals surface area contributed by atoms with Crippen LogP contribution in [0.2, 0.25) is 0 Å². The summed E-state index contributed by atoms with van der Waals surface area (Å²) in [5, 5.41) is 14.7. The van der Waals surface area contributed by atoms with Crippen molar-refractivity contribution in [1.82, 2.24) is 14.6 Å². The summed E-state index contributed by atoms with van der Waals surface area (Å²) in [5.41, 5.74) is -3.41. The molecule has 232 valence electrons. The number of carbonyl (C=O) groups is 1. The van der Waals surface area contributed by atoms with Gasteiger partial charge in [0.25, 0.3) is 5.56 Å². The summed E-state index contributed by atoms with van der Waals surface area (Å²) in [4.78, 5) is 38.6. The van der Waals surface area contributed by atoms with Crippen LogP contribution in [0, 0.1) is 0 Å². The molecule has 0 bridgehead atoms. The van der Waals surface area contributed by atoms with Crippen molar-refractivity contribution in [3.63, 3.8) is 0 Å². The monoisotopic (exact) mass is 627 g/mol. The van der Waals surface area contributed by atoms with Gasteiger partial charge in [-0.05, 0) is 30.9 Å². The minimum atomic E-state index is -4.46. The lowest BCUT2D eigenvalue weighted by Gasteiger charge is -2.25. The van der Waals surface area contributed by atoms with Gasteiger partial charge < -0.3 is 19.1 Å². The predicted molar refractivity (Wildman–Crippen MR) is 158 cm³/mol. The number of alkyl halides is 1. The molecule has 2 unspecified atom stereocenters. The third kappa shape index (κ3) is 6.82. The normalized spacial score (nSPS) is 23.6. The molecule has 0 radical (unpaired) electrons. The molecule has 0 saturated carbocycles. The first-order valence-corrected chi connectivity index (χ1v) is 15.3. The number of esters is 1. The van der Waals surface area contributed by atoms with E-state index in [1.807, 2.05) is 29.2 Å². The third-order valence-corrected chi connectivity index (χ3v) is 8.76. The molecule has 0 amide bonds. The summed E-state index contributed by atoms with van der Waals surface area (Å²) in [7, 11) is -4.46. The molecule has 1 aliphatic heterocycles. The number of H-pyrrole nitrogens is 1. The van der Waals surface area contributed by atoms with E-state index in [0.717, 1.165) is 34.7 Å². The molecule has 6 atom stereocenters. The van der Waals surface area contributed by atoms with Crippen molar-refractivity contribution in [1.29, 1.82) is 0 Å². The fraction of sp³-hybridized carbons (Fsp3) is 0.300. The van der Waals surface area contributed by atoms with Crippen molar-refractivity contribution < 1.29 is 37.4 Å². The van der Waals surface area contributed by atoms with Crippen molar-refractivity contribution in [3.8, 4) is 5.75 Å². The Kier molecular flexibility index (Phi) is 9.14. The number of nitrogens with one attached hydrogen (secondary N) is 2. The minimum Gasteiger partial charge on any atom is -0.460 e. The fourth-order valence-electron chi connectivity index (χ4n) is 4.77. The minimum absolute atomic E-state index is 0.0241.